The van der Waals surface area contributed by atoms with E-state index < -0.39 is 0 Å². The molecule has 0 radical (unpaired) electrons. The highest BCUT2D eigenvalue weighted by molar-refractivity contribution is 5.91. The maximum Gasteiger partial charge on any atom is 0.289 e. The van der Waals surface area contributed by atoms with Gasteiger partial charge in [-0.15, -0.1) is 0 Å². The topological polar surface area (TPSA) is 55.2 Å². The largest absolute Gasteiger partial charge is 0.456 e. The number of fused-ring (bicyclic) bond motifs is 2. The maximum atomic E-state index is 13.3. The van der Waals surface area contributed by atoms with Crippen LogP contribution in [0.3, 0.4) is 0 Å². The minimum Gasteiger partial charge on any atom is -0.456 e. The Hall–Kier alpha value is -3.25. The molecule has 0 saturated carbocycles. The summed E-state index contributed by atoms with van der Waals surface area (Å²) >= 11 is 0. The van der Waals surface area contributed by atoms with Crippen LogP contribution in [0.2, 0.25) is 0 Å². The Bertz CT molecular complexity index is 1390. The number of nitrogens with zero attached hydrogens (tertiary/aromatic N) is 2. The summed E-state index contributed by atoms with van der Waals surface area (Å²) in [5.41, 5.74) is 7.08. The first kappa shape index (κ1) is 26.0. The van der Waals surface area contributed by atoms with Gasteiger partial charge < -0.3 is 18.8 Å². The van der Waals surface area contributed by atoms with Crippen molar-refractivity contribution in [3.8, 4) is 11.5 Å². The van der Waals surface area contributed by atoms with Crippen molar-refractivity contribution in [2.24, 2.45) is 0 Å². The minimum atomic E-state index is -0.0194. The van der Waals surface area contributed by atoms with Gasteiger partial charge in [0.05, 0.1) is 0 Å². The highest BCUT2D eigenvalue weighted by Crippen LogP contribution is 2.46. The van der Waals surface area contributed by atoms with Crippen LogP contribution >= 0.6 is 0 Å². The molecular formula is C33H40N2O4. The number of ether oxygens (including phenoxy) is 2. The molecule has 0 unspecified atom stereocenters. The van der Waals surface area contributed by atoms with Crippen molar-refractivity contribution >= 4 is 5.91 Å². The Balaban J connectivity index is 1.09. The van der Waals surface area contributed by atoms with Crippen LogP contribution in [0.25, 0.3) is 0 Å². The van der Waals surface area contributed by atoms with Gasteiger partial charge in [0, 0.05) is 39.1 Å². The number of furan rings is 1. The standard InChI is InChI=1S/C33H40N2O4/c1-22-16-26-27(33(4,5)11-10-32(26,2)3)19-24(22)18-25-7-9-29(39-25)31(36)35-14-12-34(13-15-35)20-23-6-8-28-30(17-23)38-21-37-28/h6-9,16-17,19H,10-15,18,20-21H2,1-5H3. The second-order valence-electron chi connectivity index (χ2n) is 12.8. The molecule has 3 aliphatic rings. The Morgan fingerprint density at radius 1 is 0.846 bits per heavy atom. The number of carbonyl (C=O) groups excluding carboxylic acids is 1. The van der Waals surface area contributed by atoms with Gasteiger partial charge in [0.25, 0.3) is 5.91 Å². The molecule has 2 aromatic carbocycles. The Morgan fingerprint density at radius 2 is 1.54 bits per heavy atom. The minimum absolute atomic E-state index is 0.0194. The average molecular weight is 529 g/mol. The van der Waals surface area contributed by atoms with E-state index in [-0.39, 0.29) is 23.5 Å². The molecule has 3 aromatic rings. The number of hydrogen-bond donors (Lipinski definition) is 0. The fourth-order valence-electron chi connectivity index (χ4n) is 6.30. The van der Waals surface area contributed by atoms with Gasteiger partial charge in [0.1, 0.15) is 5.76 Å². The number of carbonyl (C=O) groups is 1. The summed E-state index contributed by atoms with van der Waals surface area (Å²) in [5.74, 6) is 2.88. The number of hydrogen-bond acceptors (Lipinski definition) is 5. The van der Waals surface area contributed by atoms with Crippen LogP contribution in [0.1, 0.15) is 84.7 Å². The van der Waals surface area contributed by atoms with Gasteiger partial charge in [-0.25, -0.2) is 0 Å². The van der Waals surface area contributed by atoms with Crippen LogP contribution in [-0.2, 0) is 23.8 Å². The van der Waals surface area contributed by atoms with Crippen molar-refractivity contribution in [3.63, 3.8) is 0 Å². The van der Waals surface area contributed by atoms with E-state index in [2.05, 4.69) is 63.8 Å². The third-order valence-electron chi connectivity index (χ3n) is 9.05. The van der Waals surface area contributed by atoms with Gasteiger partial charge in [0.2, 0.25) is 6.79 Å². The molecule has 3 heterocycles. The molecule has 0 bridgehead atoms. The van der Waals surface area contributed by atoms with Gasteiger partial charge >= 0.3 is 0 Å². The van der Waals surface area contributed by atoms with E-state index in [0.29, 0.717) is 25.3 Å². The number of amides is 1. The Labute approximate surface area is 231 Å². The molecule has 6 rings (SSSR count). The van der Waals surface area contributed by atoms with E-state index in [1.165, 1.54) is 40.7 Å². The van der Waals surface area contributed by atoms with Gasteiger partial charge in [-0.2, -0.15) is 0 Å². The normalized spacial score (nSPS) is 19.7. The van der Waals surface area contributed by atoms with Crippen LogP contribution in [0.4, 0.5) is 0 Å². The summed E-state index contributed by atoms with van der Waals surface area (Å²) < 4.78 is 17.1. The lowest BCUT2D eigenvalue weighted by molar-refractivity contribution is 0.0596. The van der Waals surface area contributed by atoms with E-state index >= 15 is 0 Å². The lowest BCUT2D eigenvalue weighted by Gasteiger charge is -2.42. The summed E-state index contributed by atoms with van der Waals surface area (Å²) in [5, 5.41) is 0. The first-order valence-corrected chi connectivity index (χ1v) is 14.2. The summed E-state index contributed by atoms with van der Waals surface area (Å²) in [6.07, 6.45) is 3.10. The predicted molar refractivity (Wildman–Crippen MR) is 152 cm³/mol. The lowest BCUT2D eigenvalue weighted by atomic mass is 9.62. The third kappa shape index (κ3) is 5.07. The quantitative estimate of drug-likeness (QED) is 0.394. The molecular weight excluding hydrogens is 488 g/mol. The van der Waals surface area contributed by atoms with Crippen LogP contribution in [0.5, 0.6) is 11.5 Å². The van der Waals surface area contributed by atoms with Crippen molar-refractivity contribution in [1.29, 1.82) is 0 Å². The van der Waals surface area contributed by atoms with Crippen LogP contribution in [0.15, 0.2) is 46.9 Å². The molecule has 0 atom stereocenters. The molecule has 1 saturated heterocycles. The van der Waals surface area contributed by atoms with Crippen molar-refractivity contribution in [3.05, 3.63) is 81.8 Å². The predicted octanol–water partition coefficient (Wildman–Crippen LogP) is 6.21. The first-order chi connectivity index (χ1) is 18.6. The summed E-state index contributed by atoms with van der Waals surface area (Å²) in [4.78, 5) is 17.5. The zero-order valence-corrected chi connectivity index (χ0v) is 23.9. The fraction of sp³-hybridized carbons (Fsp3) is 0.485. The summed E-state index contributed by atoms with van der Waals surface area (Å²) in [7, 11) is 0. The van der Waals surface area contributed by atoms with Gasteiger partial charge in [-0.3, -0.25) is 9.69 Å². The van der Waals surface area contributed by atoms with Crippen LogP contribution < -0.4 is 9.47 Å². The highest BCUT2D eigenvalue weighted by atomic mass is 16.7. The zero-order valence-electron chi connectivity index (χ0n) is 23.9. The second-order valence-corrected chi connectivity index (χ2v) is 12.8. The van der Waals surface area contributed by atoms with Gasteiger partial charge in [-0.1, -0.05) is 45.9 Å². The first-order valence-electron chi connectivity index (χ1n) is 14.2. The van der Waals surface area contributed by atoms with Crippen molar-refractivity contribution < 1.29 is 18.7 Å². The molecule has 1 fully saturated rings. The number of aryl methyl sites for hydroxylation is 1. The smallest absolute Gasteiger partial charge is 0.289 e. The molecule has 1 amide bonds. The highest BCUT2D eigenvalue weighted by Gasteiger charge is 2.37. The van der Waals surface area contributed by atoms with Crippen molar-refractivity contribution in [1.82, 2.24) is 9.80 Å². The third-order valence-corrected chi connectivity index (χ3v) is 9.05. The maximum absolute atomic E-state index is 13.3. The molecule has 6 heteroatoms. The van der Waals surface area contributed by atoms with Crippen molar-refractivity contribution in [2.75, 3.05) is 33.0 Å². The summed E-state index contributed by atoms with van der Waals surface area (Å²) in [6, 6.07) is 14.7. The number of benzene rings is 2. The molecule has 2 aliphatic heterocycles. The van der Waals surface area contributed by atoms with E-state index in [4.69, 9.17) is 13.9 Å². The molecule has 1 aliphatic carbocycles. The average Bonchev–Trinajstić information content (AvgIpc) is 3.57. The van der Waals surface area contributed by atoms with E-state index in [1.54, 1.807) is 0 Å². The molecule has 0 spiro atoms. The summed E-state index contributed by atoms with van der Waals surface area (Å²) in [6.45, 7) is 15.8. The second kappa shape index (κ2) is 9.74. The molecule has 6 nitrogen and oxygen atoms in total. The number of piperazine rings is 1. The lowest BCUT2D eigenvalue weighted by Crippen LogP contribution is -2.48. The monoisotopic (exact) mass is 528 g/mol. The van der Waals surface area contributed by atoms with E-state index in [9.17, 15) is 4.79 Å². The van der Waals surface area contributed by atoms with Crippen LogP contribution in [-0.4, -0.2) is 48.7 Å². The Kier molecular flexibility index (Phi) is 6.49. The van der Waals surface area contributed by atoms with E-state index in [1.807, 2.05) is 23.1 Å². The number of rotatable bonds is 5. The molecule has 39 heavy (non-hydrogen) atoms. The SMILES string of the molecule is Cc1cc2c(cc1Cc1ccc(C(=O)N3CCN(Cc4ccc5c(c4)OCO5)CC3)o1)C(C)(C)CCC2(C)C. The van der Waals surface area contributed by atoms with Crippen LogP contribution in [0, 0.1) is 6.92 Å². The Morgan fingerprint density at radius 3 is 2.28 bits per heavy atom. The van der Waals surface area contributed by atoms with Gasteiger partial charge in [-0.05, 0) is 82.7 Å². The molecule has 1 aromatic heterocycles. The molecule has 206 valence electrons. The zero-order chi connectivity index (χ0) is 27.4. The molecule has 0 N–H and O–H groups in total. The fourth-order valence-corrected chi connectivity index (χ4v) is 6.30. The van der Waals surface area contributed by atoms with Gasteiger partial charge in [0.15, 0.2) is 17.3 Å². The van der Waals surface area contributed by atoms with Crippen molar-refractivity contribution in [2.45, 2.75) is 71.3 Å². The van der Waals surface area contributed by atoms with E-state index in [0.717, 1.165) is 36.9 Å².